The zero-order valence-electron chi connectivity index (χ0n) is 13.3. The number of cyclic esters (lactones) is 1. The van der Waals surface area contributed by atoms with Crippen LogP contribution >= 0.6 is 0 Å². The molecule has 0 amide bonds. The van der Waals surface area contributed by atoms with Gasteiger partial charge in [-0.1, -0.05) is 25.2 Å². The van der Waals surface area contributed by atoms with Crippen molar-refractivity contribution in [2.45, 2.75) is 57.7 Å². The van der Waals surface area contributed by atoms with Crippen LogP contribution in [0.4, 0.5) is 0 Å². The van der Waals surface area contributed by atoms with E-state index in [-0.39, 0.29) is 18.1 Å². The number of rotatable bonds is 2. The number of esters is 1. The lowest BCUT2D eigenvalue weighted by molar-refractivity contribution is -0.135. The molecule has 122 valence electrons. The summed E-state index contributed by atoms with van der Waals surface area (Å²) in [6.45, 7) is 6.64. The van der Waals surface area contributed by atoms with Crippen LogP contribution in [0.5, 0.6) is 0 Å². The standard InChI is InChI=1S/C18H26O4/c1-11-3-4-12-9-13(19)7-8-18(12,2)15(11)6-5-14-16(20)10-22-17(14)21/h5,12-13,15-16,19-20H,1,3-4,6-10H2,2H3. The van der Waals surface area contributed by atoms with Gasteiger partial charge in [-0.25, -0.2) is 4.79 Å². The molecule has 1 saturated heterocycles. The van der Waals surface area contributed by atoms with E-state index in [4.69, 9.17) is 4.74 Å². The van der Waals surface area contributed by atoms with Gasteiger partial charge in [-0.15, -0.1) is 0 Å². The van der Waals surface area contributed by atoms with Crippen LogP contribution in [0.15, 0.2) is 23.8 Å². The first-order valence-electron chi connectivity index (χ1n) is 8.33. The summed E-state index contributed by atoms with van der Waals surface area (Å²) in [5, 5.41) is 19.8. The second-order valence-electron chi connectivity index (χ2n) is 7.39. The van der Waals surface area contributed by atoms with Crippen LogP contribution in [0.25, 0.3) is 0 Å². The SMILES string of the molecule is C=C1CCC2CC(O)CCC2(C)C1CC=C1C(=O)OCC1O. The number of allylic oxidation sites excluding steroid dienone is 2. The van der Waals surface area contributed by atoms with Crippen molar-refractivity contribution in [3.8, 4) is 0 Å². The van der Waals surface area contributed by atoms with Crippen LogP contribution in [-0.2, 0) is 9.53 Å². The highest BCUT2D eigenvalue weighted by Gasteiger charge is 2.47. The number of carbonyl (C=O) groups excluding carboxylic acids is 1. The number of fused-ring (bicyclic) bond motifs is 1. The minimum atomic E-state index is -0.791. The molecule has 2 N–H and O–H groups in total. The Bertz CT molecular complexity index is 509. The van der Waals surface area contributed by atoms with E-state index >= 15 is 0 Å². The Balaban J connectivity index is 1.80. The number of aliphatic hydroxyl groups excluding tert-OH is 2. The minimum absolute atomic E-state index is 0.0718. The summed E-state index contributed by atoms with van der Waals surface area (Å²) in [6, 6.07) is 0. The normalized spacial score (nSPS) is 44.0. The second kappa shape index (κ2) is 5.82. The molecule has 0 radical (unpaired) electrons. The summed E-state index contributed by atoms with van der Waals surface area (Å²) in [4.78, 5) is 11.6. The Kier molecular flexibility index (Phi) is 4.17. The quantitative estimate of drug-likeness (QED) is 0.467. The lowest BCUT2D eigenvalue weighted by Crippen LogP contribution is -2.45. The summed E-state index contributed by atoms with van der Waals surface area (Å²) in [5.74, 6) is 0.437. The third kappa shape index (κ3) is 2.63. The molecule has 5 unspecified atom stereocenters. The molecule has 0 spiro atoms. The first kappa shape index (κ1) is 15.8. The first-order chi connectivity index (χ1) is 10.4. The van der Waals surface area contributed by atoms with E-state index in [1.54, 1.807) is 0 Å². The maximum Gasteiger partial charge on any atom is 0.336 e. The van der Waals surface area contributed by atoms with E-state index in [0.717, 1.165) is 38.5 Å². The van der Waals surface area contributed by atoms with E-state index < -0.39 is 12.1 Å². The van der Waals surface area contributed by atoms with E-state index in [0.29, 0.717) is 17.4 Å². The van der Waals surface area contributed by atoms with Crippen LogP contribution in [0.3, 0.4) is 0 Å². The number of carbonyl (C=O) groups is 1. The summed E-state index contributed by atoms with van der Waals surface area (Å²) in [7, 11) is 0. The van der Waals surface area contributed by atoms with Gasteiger partial charge in [0.25, 0.3) is 0 Å². The van der Waals surface area contributed by atoms with Gasteiger partial charge in [0.1, 0.15) is 12.7 Å². The van der Waals surface area contributed by atoms with Crippen molar-refractivity contribution in [1.29, 1.82) is 0 Å². The second-order valence-corrected chi connectivity index (χ2v) is 7.39. The fourth-order valence-corrected chi connectivity index (χ4v) is 4.67. The molecule has 2 saturated carbocycles. The molecule has 2 aliphatic carbocycles. The zero-order valence-corrected chi connectivity index (χ0v) is 13.3. The van der Waals surface area contributed by atoms with Gasteiger partial charge in [0.2, 0.25) is 0 Å². The van der Waals surface area contributed by atoms with Gasteiger partial charge in [-0.2, -0.15) is 0 Å². The first-order valence-corrected chi connectivity index (χ1v) is 8.33. The molecule has 4 nitrogen and oxygen atoms in total. The minimum Gasteiger partial charge on any atom is -0.459 e. The Morgan fingerprint density at radius 3 is 2.86 bits per heavy atom. The Morgan fingerprint density at radius 1 is 1.41 bits per heavy atom. The van der Waals surface area contributed by atoms with E-state index in [1.807, 2.05) is 6.08 Å². The summed E-state index contributed by atoms with van der Waals surface area (Å²) < 4.78 is 4.88. The van der Waals surface area contributed by atoms with E-state index in [9.17, 15) is 15.0 Å². The van der Waals surface area contributed by atoms with Crippen LogP contribution in [-0.4, -0.2) is 35.0 Å². The number of hydrogen-bond acceptors (Lipinski definition) is 4. The summed E-state index contributed by atoms with van der Waals surface area (Å²) >= 11 is 0. The highest BCUT2D eigenvalue weighted by Crippen LogP contribution is 2.56. The van der Waals surface area contributed by atoms with E-state index in [2.05, 4.69) is 13.5 Å². The van der Waals surface area contributed by atoms with Gasteiger partial charge in [-0.05, 0) is 55.8 Å². The maximum absolute atomic E-state index is 11.6. The van der Waals surface area contributed by atoms with Crippen LogP contribution in [0.2, 0.25) is 0 Å². The number of aliphatic hydroxyl groups is 2. The molecule has 22 heavy (non-hydrogen) atoms. The molecular weight excluding hydrogens is 280 g/mol. The van der Waals surface area contributed by atoms with Crippen LogP contribution < -0.4 is 0 Å². The van der Waals surface area contributed by atoms with Gasteiger partial charge in [-0.3, -0.25) is 0 Å². The third-order valence-electron chi connectivity index (χ3n) is 6.15. The smallest absolute Gasteiger partial charge is 0.336 e. The van der Waals surface area contributed by atoms with Gasteiger partial charge < -0.3 is 14.9 Å². The Morgan fingerprint density at radius 2 is 2.18 bits per heavy atom. The molecule has 0 aromatic heterocycles. The fourth-order valence-electron chi connectivity index (χ4n) is 4.67. The number of hydrogen-bond donors (Lipinski definition) is 2. The highest BCUT2D eigenvalue weighted by molar-refractivity contribution is 5.91. The van der Waals surface area contributed by atoms with Gasteiger partial charge in [0, 0.05) is 0 Å². The number of ether oxygens (including phenoxy) is 1. The molecule has 3 fully saturated rings. The predicted molar refractivity (Wildman–Crippen MR) is 83.0 cm³/mol. The maximum atomic E-state index is 11.6. The fraction of sp³-hybridized carbons (Fsp3) is 0.722. The molecule has 4 heteroatoms. The molecule has 5 atom stereocenters. The highest BCUT2D eigenvalue weighted by atomic mass is 16.6. The third-order valence-corrected chi connectivity index (χ3v) is 6.15. The molecular formula is C18H26O4. The van der Waals surface area contributed by atoms with Crippen molar-refractivity contribution >= 4 is 5.97 Å². The largest absolute Gasteiger partial charge is 0.459 e. The topological polar surface area (TPSA) is 66.8 Å². The van der Waals surface area contributed by atoms with Crippen molar-refractivity contribution < 1.29 is 19.7 Å². The van der Waals surface area contributed by atoms with Crippen molar-refractivity contribution in [3.63, 3.8) is 0 Å². The van der Waals surface area contributed by atoms with E-state index in [1.165, 1.54) is 5.57 Å². The monoisotopic (exact) mass is 306 g/mol. The lowest BCUT2D eigenvalue weighted by atomic mass is 9.53. The average molecular weight is 306 g/mol. The van der Waals surface area contributed by atoms with Crippen LogP contribution in [0.1, 0.15) is 45.4 Å². The van der Waals surface area contributed by atoms with Crippen molar-refractivity contribution in [2.75, 3.05) is 6.61 Å². The molecule has 0 aromatic carbocycles. The molecule has 0 bridgehead atoms. The van der Waals surface area contributed by atoms with Gasteiger partial charge >= 0.3 is 5.97 Å². The summed E-state index contributed by atoms with van der Waals surface area (Å²) in [5.41, 5.74) is 1.78. The van der Waals surface area contributed by atoms with Crippen molar-refractivity contribution in [2.24, 2.45) is 17.3 Å². The predicted octanol–water partition coefficient (Wildman–Crippen LogP) is 2.35. The average Bonchev–Trinajstić information content (AvgIpc) is 2.79. The molecule has 1 heterocycles. The van der Waals surface area contributed by atoms with Crippen molar-refractivity contribution in [3.05, 3.63) is 23.8 Å². The molecule has 3 rings (SSSR count). The molecule has 0 aromatic rings. The molecule has 3 aliphatic rings. The Hall–Kier alpha value is -1.13. The summed E-state index contributed by atoms with van der Waals surface area (Å²) in [6.07, 6.45) is 6.44. The van der Waals surface area contributed by atoms with Crippen molar-refractivity contribution in [1.82, 2.24) is 0 Å². The Labute approximate surface area is 131 Å². The van der Waals surface area contributed by atoms with Gasteiger partial charge in [0.15, 0.2) is 0 Å². The van der Waals surface area contributed by atoms with Gasteiger partial charge in [0.05, 0.1) is 11.7 Å². The molecule has 1 aliphatic heterocycles. The lowest BCUT2D eigenvalue weighted by Gasteiger charge is -2.52. The zero-order chi connectivity index (χ0) is 15.9. The van der Waals surface area contributed by atoms with Crippen LogP contribution in [0, 0.1) is 17.3 Å².